The molecule has 0 heterocycles. The van der Waals surface area contributed by atoms with Crippen LogP contribution in [0.4, 0.5) is 4.39 Å². The Morgan fingerprint density at radius 1 is 1.46 bits per heavy atom. The van der Waals surface area contributed by atoms with Gasteiger partial charge >= 0.3 is 0 Å². The molecule has 0 bridgehead atoms. The van der Waals surface area contributed by atoms with Gasteiger partial charge in [0, 0.05) is 5.03 Å². The standard InChI is InChI=1S/C9H9ClFNO/c10-8(5-9(12)13)6-1-3-7(11)4-2-6/h1-5,9,13H,12H2/b8-5-/t9-/m1/s1. The highest BCUT2D eigenvalue weighted by molar-refractivity contribution is 6.48. The maximum atomic E-state index is 12.5. The monoisotopic (exact) mass is 201 g/mol. The second kappa shape index (κ2) is 4.37. The van der Waals surface area contributed by atoms with E-state index in [1.165, 1.54) is 30.3 Å². The van der Waals surface area contributed by atoms with E-state index in [-0.39, 0.29) is 5.82 Å². The van der Waals surface area contributed by atoms with Crippen molar-refractivity contribution >= 4 is 16.6 Å². The maximum absolute atomic E-state index is 12.5. The summed E-state index contributed by atoms with van der Waals surface area (Å²) in [5, 5.41) is 9.08. The third-order valence-electron chi connectivity index (χ3n) is 1.44. The second-order valence-electron chi connectivity index (χ2n) is 2.51. The summed E-state index contributed by atoms with van der Waals surface area (Å²) < 4.78 is 12.5. The molecule has 0 amide bonds. The summed E-state index contributed by atoms with van der Waals surface area (Å²) in [5.74, 6) is -0.332. The van der Waals surface area contributed by atoms with Crippen molar-refractivity contribution in [3.05, 3.63) is 41.7 Å². The Hall–Kier alpha value is -0.900. The number of hydrogen-bond donors (Lipinski definition) is 2. The van der Waals surface area contributed by atoms with Gasteiger partial charge in [0.2, 0.25) is 0 Å². The predicted octanol–water partition coefficient (Wildman–Crippen LogP) is 1.68. The van der Waals surface area contributed by atoms with Gasteiger partial charge in [0.15, 0.2) is 0 Å². The fraction of sp³-hybridized carbons (Fsp3) is 0.111. The minimum absolute atomic E-state index is 0.301. The van der Waals surface area contributed by atoms with Crippen LogP contribution in [0.25, 0.3) is 5.03 Å². The Morgan fingerprint density at radius 3 is 2.46 bits per heavy atom. The lowest BCUT2D eigenvalue weighted by Crippen LogP contribution is -2.14. The molecule has 1 atom stereocenters. The molecule has 0 fully saturated rings. The van der Waals surface area contributed by atoms with Crippen molar-refractivity contribution in [3.8, 4) is 0 Å². The van der Waals surface area contributed by atoms with Gasteiger partial charge in [-0.3, -0.25) is 0 Å². The van der Waals surface area contributed by atoms with E-state index in [1.807, 2.05) is 0 Å². The van der Waals surface area contributed by atoms with Crippen LogP contribution in [0, 0.1) is 5.82 Å². The normalized spacial score (nSPS) is 14.3. The van der Waals surface area contributed by atoms with Crippen LogP contribution in [0.3, 0.4) is 0 Å². The summed E-state index contributed by atoms with van der Waals surface area (Å²) in [6.07, 6.45) is 0.173. The molecule has 1 rings (SSSR count). The number of benzene rings is 1. The van der Waals surface area contributed by atoms with Gasteiger partial charge in [-0.2, -0.15) is 0 Å². The first-order valence-corrected chi connectivity index (χ1v) is 4.04. The van der Waals surface area contributed by atoms with Crippen molar-refractivity contribution in [1.29, 1.82) is 0 Å². The second-order valence-corrected chi connectivity index (χ2v) is 2.92. The van der Waals surface area contributed by atoms with Crippen LogP contribution in [0.1, 0.15) is 5.56 Å². The smallest absolute Gasteiger partial charge is 0.123 e. The third kappa shape index (κ3) is 3.14. The summed E-state index contributed by atoms with van der Waals surface area (Å²) in [6, 6.07) is 5.59. The van der Waals surface area contributed by atoms with E-state index in [2.05, 4.69) is 0 Å². The number of halogens is 2. The average Bonchev–Trinajstić information content (AvgIpc) is 2.04. The summed E-state index contributed by atoms with van der Waals surface area (Å²) in [5.41, 5.74) is 5.70. The summed E-state index contributed by atoms with van der Waals surface area (Å²) >= 11 is 5.75. The van der Waals surface area contributed by atoms with Gasteiger partial charge in [0.05, 0.1) is 0 Å². The van der Waals surface area contributed by atoms with Gasteiger partial charge in [-0.05, 0) is 23.8 Å². The van der Waals surface area contributed by atoms with Gasteiger partial charge in [0.25, 0.3) is 0 Å². The van der Waals surface area contributed by atoms with Gasteiger partial charge in [-0.15, -0.1) is 0 Å². The number of aliphatic hydroxyl groups is 1. The Bertz CT molecular complexity index is 308. The van der Waals surface area contributed by atoms with Crippen LogP contribution in [-0.2, 0) is 0 Å². The Morgan fingerprint density at radius 2 is 2.00 bits per heavy atom. The largest absolute Gasteiger partial charge is 0.375 e. The van der Waals surface area contributed by atoms with Crippen molar-refractivity contribution in [2.24, 2.45) is 5.73 Å². The van der Waals surface area contributed by atoms with Gasteiger partial charge in [-0.1, -0.05) is 23.7 Å². The molecule has 13 heavy (non-hydrogen) atoms. The van der Waals surface area contributed by atoms with Crippen LogP contribution >= 0.6 is 11.6 Å². The van der Waals surface area contributed by atoms with Crippen LogP contribution < -0.4 is 5.73 Å². The van der Waals surface area contributed by atoms with Gasteiger partial charge in [0.1, 0.15) is 12.0 Å². The molecule has 4 heteroatoms. The average molecular weight is 202 g/mol. The quantitative estimate of drug-likeness (QED) is 0.716. The third-order valence-corrected chi connectivity index (χ3v) is 1.78. The molecule has 70 valence electrons. The zero-order chi connectivity index (χ0) is 9.84. The first kappa shape index (κ1) is 10.2. The molecule has 0 spiro atoms. The SMILES string of the molecule is N[C@H](O)/C=C(\Cl)c1ccc(F)cc1. The first-order valence-electron chi connectivity index (χ1n) is 3.66. The zero-order valence-corrected chi connectivity index (χ0v) is 7.50. The topological polar surface area (TPSA) is 46.2 Å². The predicted molar refractivity (Wildman–Crippen MR) is 50.4 cm³/mol. The summed E-state index contributed by atoms with van der Waals surface area (Å²) in [6.45, 7) is 0. The minimum atomic E-state index is -1.10. The fourth-order valence-corrected chi connectivity index (χ4v) is 1.11. The van der Waals surface area contributed by atoms with E-state index in [9.17, 15) is 4.39 Å². The highest BCUT2D eigenvalue weighted by atomic mass is 35.5. The molecule has 0 unspecified atom stereocenters. The zero-order valence-electron chi connectivity index (χ0n) is 6.74. The molecule has 1 aromatic rings. The molecule has 3 N–H and O–H groups in total. The summed E-state index contributed by atoms with van der Waals surface area (Å²) in [4.78, 5) is 0. The minimum Gasteiger partial charge on any atom is -0.375 e. The van der Waals surface area contributed by atoms with Gasteiger partial charge < -0.3 is 10.8 Å². The molecule has 0 radical (unpaired) electrons. The molecule has 0 aliphatic rings. The van der Waals surface area contributed by atoms with Crippen molar-refractivity contribution in [3.63, 3.8) is 0 Å². The van der Waals surface area contributed by atoms with Crippen molar-refractivity contribution in [2.45, 2.75) is 6.23 Å². The highest BCUT2D eigenvalue weighted by Crippen LogP contribution is 2.18. The van der Waals surface area contributed by atoms with E-state index < -0.39 is 6.23 Å². The van der Waals surface area contributed by atoms with Crippen molar-refractivity contribution < 1.29 is 9.50 Å². The molecule has 1 aromatic carbocycles. The maximum Gasteiger partial charge on any atom is 0.123 e. The van der Waals surface area contributed by atoms with E-state index >= 15 is 0 Å². The molecular weight excluding hydrogens is 193 g/mol. The Labute approximate surface area is 80.4 Å². The van der Waals surface area contributed by atoms with Crippen LogP contribution in [0.2, 0.25) is 0 Å². The number of aliphatic hydroxyl groups excluding tert-OH is 1. The van der Waals surface area contributed by atoms with Crippen LogP contribution in [0.5, 0.6) is 0 Å². The molecule has 0 aromatic heterocycles. The molecule has 0 aliphatic carbocycles. The van der Waals surface area contributed by atoms with Crippen LogP contribution in [0.15, 0.2) is 30.3 Å². The molecule has 0 saturated carbocycles. The lowest BCUT2D eigenvalue weighted by molar-refractivity contribution is 0.232. The molecule has 2 nitrogen and oxygen atoms in total. The highest BCUT2D eigenvalue weighted by Gasteiger charge is 1.99. The lowest BCUT2D eigenvalue weighted by Gasteiger charge is -2.00. The molecular formula is C9H9ClFNO. The van der Waals surface area contributed by atoms with Crippen molar-refractivity contribution in [1.82, 2.24) is 0 Å². The number of hydrogen-bond acceptors (Lipinski definition) is 2. The fourth-order valence-electron chi connectivity index (χ4n) is 0.855. The number of nitrogens with two attached hydrogens (primary N) is 1. The van der Waals surface area contributed by atoms with E-state index in [0.29, 0.717) is 10.6 Å². The van der Waals surface area contributed by atoms with E-state index in [0.717, 1.165) is 0 Å². The Kier molecular flexibility index (Phi) is 3.42. The van der Waals surface area contributed by atoms with E-state index in [4.69, 9.17) is 22.4 Å². The van der Waals surface area contributed by atoms with Crippen molar-refractivity contribution in [2.75, 3.05) is 0 Å². The lowest BCUT2D eigenvalue weighted by atomic mass is 10.2. The summed E-state index contributed by atoms with van der Waals surface area (Å²) in [7, 11) is 0. The van der Waals surface area contributed by atoms with Crippen LogP contribution in [-0.4, -0.2) is 11.3 Å². The molecule has 0 aliphatic heterocycles. The molecule has 0 saturated heterocycles. The van der Waals surface area contributed by atoms with E-state index in [1.54, 1.807) is 0 Å². The first-order chi connectivity index (χ1) is 6.09. The van der Waals surface area contributed by atoms with Gasteiger partial charge in [-0.25, -0.2) is 4.39 Å². The number of rotatable bonds is 2. The Balaban J connectivity index is 2.89.